The van der Waals surface area contributed by atoms with E-state index in [4.69, 9.17) is 4.74 Å². The molecule has 0 saturated carbocycles. The van der Waals surface area contributed by atoms with E-state index < -0.39 is 17.8 Å². The molecule has 1 unspecified atom stereocenters. The zero-order chi connectivity index (χ0) is 14.5. The number of carbonyl (C=O) groups excluding carboxylic acids is 2. The second kappa shape index (κ2) is 6.45. The minimum Gasteiger partial charge on any atom is -0.464 e. The summed E-state index contributed by atoms with van der Waals surface area (Å²) in [6.45, 7) is 2.47. The fraction of sp³-hybridized carbons (Fsp3) is 0.500. The lowest BCUT2D eigenvalue weighted by Gasteiger charge is -2.33. The third-order valence-corrected chi connectivity index (χ3v) is 3.27. The summed E-state index contributed by atoms with van der Waals surface area (Å²) in [6.07, 6.45) is 4.62. The average molecular weight is 280 g/mol. The summed E-state index contributed by atoms with van der Waals surface area (Å²) in [6, 6.07) is 0.547. The highest BCUT2D eigenvalue weighted by atomic mass is 19.1. The number of nitrogens with zero attached hydrogens (tertiary/aromatic N) is 2. The van der Waals surface area contributed by atoms with E-state index in [1.807, 2.05) is 0 Å². The van der Waals surface area contributed by atoms with Crippen LogP contribution >= 0.6 is 0 Å². The Morgan fingerprint density at radius 1 is 1.45 bits per heavy atom. The molecule has 0 N–H and O–H groups in total. The molecule has 5 nitrogen and oxygen atoms in total. The number of halogens is 1. The van der Waals surface area contributed by atoms with Gasteiger partial charge in [-0.1, -0.05) is 0 Å². The summed E-state index contributed by atoms with van der Waals surface area (Å²) in [5.74, 6) is -1.35. The highest BCUT2D eigenvalue weighted by Gasteiger charge is 2.33. The van der Waals surface area contributed by atoms with Gasteiger partial charge >= 0.3 is 5.97 Å². The molecular weight excluding hydrogens is 263 g/mol. The number of hydrogen-bond acceptors (Lipinski definition) is 4. The van der Waals surface area contributed by atoms with Crippen LogP contribution in [0.25, 0.3) is 0 Å². The van der Waals surface area contributed by atoms with Crippen LogP contribution in [-0.4, -0.2) is 41.0 Å². The van der Waals surface area contributed by atoms with Crippen molar-refractivity contribution in [2.45, 2.75) is 32.2 Å². The maximum Gasteiger partial charge on any atom is 0.328 e. The number of carbonyl (C=O) groups is 2. The van der Waals surface area contributed by atoms with E-state index in [9.17, 15) is 14.0 Å². The van der Waals surface area contributed by atoms with E-state index in [2.05, 4.69) is 4.98 Å². The first-order chi connectivity index (χ1) is 9.63. The number of hydrogen-bond donors (Lipinski definition) is 0. The first kappa shape index (κ1) is 14.4. The minimum atomic E-state index is -0.584. The van der Waals surface area contributed by atoms with Crippen molar-refractivity contribution < 1.29 is 18.7 Å². The van der Waals surface area contributed by atoms with E-state index in [-0.39, 0.29) is 18.1 Å². The summed E-state index contributed by atoms with van der Waals surface area (Å²) in [5.41, 5.74) is 0.154. The Morgan fingerprint density at radius 2 is 2.25 bits per heavy atom. The van der Waals surface area contributed by atoms with E-state index in [0.717, 1.165) is 25.1 Å². The van der Waals surface area contributed by atoms with Gasteiger partial charge in [0.2, 0.25) is 0 Å². The molecule has 2 heterocycles. The highest BCUT2D eigenvalue weighted by Crippen LogP contribution is 2.20. The average Bonchev–Trinajstić information content (AvgIpc) is 2.47. The lowest BCUT2D eigenvalue weighted by atomic mass is 10.0. The molecular formula is C14H17FN2O3. The van der Waals surface area contributed by atoms with Crippen molar-refractivity contribution >= 4 is 11.9 Å². The van der Waals surface area contributed by atoms with Crippen molar-refractivity contribution in [2.24, 2.45) is 0 Å². The second-order valence-electron chi connectivity index (χ2n) is 4.65. The largest absolute Gasteiger partial charge is 0.464 e. The van der Waals surface area contributed by atoms with Crippen molar-refractivity contribution in [1.29, 1.82) is 0 Å². The molecule has 0 aliphatic carbocycles. The number of rotatable bonds is 3. The summed E-state index contributed by atoms with van der Waals surface area (Å²) >= 11 is 0. The third kappa shape index (κ3) is 3.12. The van der Waals surface area contributed by atoms with E-state index >= 15 is 0 Å². The summed E-state index contributed by atoms with van der Waals surface area (Å²) < 4.78 is 18.1. The van der Waals surface area contributed by atoms with Crippen LogP contribution < -0.4 is 0 Å². The number of likely N-dealkylation sites (tertiary alicyclic amines) is 1. The van der Waals surface area contributed by atoms with Gasteiger partial charge in [0.1, 0.15) is 11.9 Å². The number of piperidine rings is 1. The lowest BCUT2D eigenvalue weighted by molar-refractivity contribution is -0.149. The van der Waals surface area contributed by atoms with Crippen LogP contribution in [-0.2, 0) is 9.53 Å². The van der Waals surface area contributed by atoms with Crippen LogP contribution in [0.1, 0.15) is 36.5 Å². The summed E-state index contributed by atoms with van der Waals surface area (Å²) in [5, 5.41) is 0. The van der Waals surface area contributed by atoms with Gasteiger partial charge in [0.05, 0.1) is 18.4 Å². The van der Waals surface area contributed by atoms with Crippen molar-refractivity contribution in [2.75, 3.05) is 13.2 Å². The number of aromatic nitrogens is 1. The van der Waals surface area contributed by atoms with Crippen molar-refractivity contribution in [3.8, 4) is 0 Å². The Bertz CT molecular complexity index is 507. The van der Waals surface area contributed by atoms with Crippen molar-refractivity contribution in [1.82, 2.24) is 9.88 Å². The molecule has 0 aromatic carbocycles. The molecule has 1 aliphatic heterocycles. The third-order valence-electron chi connectivity index (χ3n) is 3.27. The molecule has 1 aromatic rings. The molecule has 0 radical (unpaired) electrons. The topological polar surface area (TPSA) is 59.5 Å². The Hall–Kier alpha value is -1.98. The van der Waals surface area contributed by atoms with Gasteiger partial charge in [-0.25, -0.2) is 9.18 Å². The second-order valence-corrected chi connectivity index (χ2v) is 4.65. The number of ether oxygens (including phenoxy) is 1. The van der Waals surface area contributed by atoms with Crippen molar-refractivity contribution in [3.63, 3.8) is 0 Å². The van der Waals surface area contributed by atoms with Crippen LogP contribution in [0.3, 0.4) is 0 Å². The van der Waals surface area contributed by atoms with Gasteiger partial charge in [-0.15, -0.1) is 0 Å². The fourth-order valence-electron chi connectivity index (χ4n) is 2.35. The molecule has 0 bridgehead atoms. The standard InChI is InChI=1S/C14H17FN2O3/c1-2-20-14(19)12-5-3-4-6-17(12)13(18)10-7-11(15)9-16-8-10/h7-9,12H,2-6H2,1H3. The highest BCUT2D eigenvalue weighted by molar-refractivity contribution is 5.96. The minimum absolute atomic E-state index is 0.154. The van der Waals surface area contributed by atoms with Gasteiger partial charge in [0.25, 0.3) is 5.91 Å². The van der Waals surface area contributed by atoms with Gasteiger partial charge < -0.3 is 9.64 Å². The molecule has 108 valence electrons. The Labute approximate surface area is 116 Å². The SMILES string of the molecule is CCOC(=O)C1CCCCN1C(=O)c1cncc(F)c1. The predicted molar refractivity (Wildman–Crippen MR) is 69.5 cm³/mol. The van der Waals surface area contributed by atoms with Crippen LogP contribution in [0.5, 0.6) is 0 Å². The predicted octanol–water partition coefficient (Wildman–Crippen LogP) is 1.78. The van der Waals surface area contributed by atoms with E-state index in [1.54, 1.807) is 6.92 Å². The van der Waals surface area contributed by atoms with Crippen LogP contribution in [0.2, 0.25) is 0 Å². The first-order valence-electron chi connectivity index (χ1n) is 6.71. The Morgan fingerprint density at radius 3 is 2.95 bits per heavy atom. The quantitative estimate of drug-likeness (QED) is 0.792. The normalized spacial score (nSPS) is 18.7. The maximum atomic E-state index is 13.1. The molecule has 1 fully saturated rings. The lowest BCUT2D eigenvalue weighted by Crippen LogP contribution is -2.48. The zero-order valence-electron chi connectivity index (χ0n) is 11.3. The number of esters is 1. The van der Waals surface area contributed by atoms with Gasteiger partial charge in [0, 0.05) is 12.7 Å². The Balaban J connectivity index is 2.19. The van der Waals surface area contributed by atoms with Gasteiger partial charge in [-0.05, 0) is 32.3 Å². The molecule has 1 aromatic heterocycles. The molecule has 1 saturated heterocycles. The molecule has 20 heavy (non-hydrogen) atoms. The summed E-state index contributed by atoms with van der Waals surface area (Å²) in [7, 11) is 0. The zero-order valence-corrected chi connectivity index (χ0v) is 11.3. The number of pyridine rings is 1. The monoisotopic (exact) mass is 280 g/mol. The molecule has 2 rings (SSSR count). The molecule has 1 atom stereocenters. The maximum absolute atomic E-state index is 13.1. The van der Waals surface area contributed by atoms with Gasteiger partial charge in [-0.3, -0.25) is 9.78 Å². The van der Waals surface area contributed by atoms with Crippen LogP contribution in [0, 0.1) is 5.82 Å². The Kier molecular flexibility index (Phi) is 4.65. The van der Waals surface area contributed by atoms with Gasteiger partial charge in [-0.2, -0.15) is 0 Å². The molecule has 1 aliphatic rings. The van der Waals surface area contributed by atoms with Crippen LogP contribution in [0.15, 0.2) is 18.5 Å². The molecule has 6 heteroatoms. The fourth-order valence-corrected chi connectivity index (χ4v) is 2.35. The molecule has 0 spiro atoms. The first-order valence-corrected chi connectivity index (χ1v) is 6.71. The smallest absolute Gasteiger partial charge is 0.328 e. The van der Waals surface area contributed by atoms with E-state index in [1.165, 1.54) is 11.1 Å². The molecule has 1 amide bonds. The van der Waals surface area contributed by atoms with E-state index in [0.29, 0.717) is 13.0 Å². The number of amides is 1. The van der Waals surface area contributed by atoms with Crippen molar-refractivity contribution in [3.05, 3.63) is 29.8 Å². The van der Waals surface area contributed by atoms with Gasteiger partial charge in [0.15, 0.2) is 0 Å². The summed E-state index contributed by atoms with van der Waals surface area (Å²) in [4.78, 5) is 29.4. The van der Waals surface area contributed by atoms with Crippen LogP contribution in [0.4, 0.5) is 4.39 Å².